The summed E-state index contributed by atoms with van der Waals surface area (Å²) in [4.78, 5) is 38.1. The summed E-state index contributed by atoms with van der Waals surface area (Å²) in [6.07, 6.45) is -5.08. The van der Waals surface area contributed by atoms with Crippen molar-refractivity contribution in [2.75, 3.05) is 32.7 Å². The van der Waals surface area contributed by atoms with Gasteiger partial charge in [-0.2, -0.15) is 13.2 Å². The van der Waals surface area contributed by atoms with Crippen LogP contribution in [0.3, 0.4) is 0 Å². The van der Waals surface area contributed by atoms with E-state index < -0.39 is 12.1 Å². The summed E-state index contributed by atoms with van der Waals surface area (Å²) in [5.74, 6) is -2.95. The number of carboxylic acid groups (broad SMARTS) is 1. The van der Waals surface area contributed by atoms with Gasteiger partial charge in [0.25, 0.3) is 5.91 Å². The molecule has 11 heteroatoms. The van der Waals surface area contributed by atoms with E-state index in [1.165, 1.54) is 0 Å². The van der Waals surface area contributed by atoms with Crippen LogP contribution in [-0.2, 0) is 16.1 Å². The Morgan fingerprint density at radius 3 is 2.21 bits per heavy atom. The highest BCUT2D eigenvalue weighted by Crippen LogP contribution is 2.15. The molecule has 2 amide bonds. The van der Waals surface area contributed by atoms with E-state index in [0.29, 0.717) is 30.2 Å². The first-order valence-corrected chi connectivity index (χ1v) is 10.7. The van der Waals surface area contributed by atoms with Crippen LogP contribution >= 0.6 is 11.6 Å². The minimum absolute atomic E-state index is 0.0218. The predicted molar refractivity (Wildman–Crippen MR) is 121 cm³/mol. The van der Waals surface area contributed by atoms with Gasteiger partial charge < -0.3 is 20.2 Å². The molecule has 7 nitrogen and oxygen atoms in total. The number of alkyl halides is 3. The lowest BCUT2D eigenvalue weighted by Crippen LogP contribution is -2.50. The fourth-order valence-corrected chi connectivity index (χ4v) is 3.31. The third-order valence-electron chi connectivity index (χ3n) is 4.87. The molecule has 0 spiro atoms. The van der Waals surface area contributed by atoms with Crippen LogP contribution in [0.4, 0.5) is 13.2 Å². The third-order valence-corrected chi connectivity index (χ3v) is 5.12. The number of aryl methyl sites for hydroxylation is 1. The van der Waals surface area contributed by atoms with Gasteiger partial charge in [0.1, 0.15) is 6.54 Å². The topological polar surface area (TPSA) is 90.0 Å². The van der Waals surface area contributed by atoms with Gasteiger partial charge in [-0.1, -0.05) is 41.4 Å². The van der Waals surface area contributed by atoms with Crippen molar-refractivity contribution >= 4 is 29.4 Å². The molecule has 0 radical (unpaired) electrons. The molecule has 34 heavy (non-hydrogen) atoms. The van der Waals surface area contributed by atoms with Crippen molar-refractivity contribution in [3.05, 3.63) is 70.2 Å². The number of nitrogens with zero attached hydrogens (tertiary/aromatic N) is 2. The molecule has 1 saturated heterocycles. The van der Waals surface area contributed by atoms with Crippen molar-refractivity contribution in [1.29, 1.82) is 0 Å². The normalized spacial score (nSPS) is 13.5. The van der Waals surface area contributed by atoms with Gasteiger partial charge in [0.2, 0.25) is 5.91 Å². The molecular formula is C23H25ClF3N3O4. The molecule has 0 atom stereocenters. The average molecular weight is 500 g/mol. The number of hydrogen-bond acceptors (Lipinski definition) is 4. The Labute approximate surface area is 200 Å². The van der Waals surface area contributed by atoms with Crippen LogP contribution < -0.4 is 5.32 Å². The van der Waals surface area contributed by atoms with Gasteiger partial charge in [-0.3, -0.25) is 9.59 Å². The van der Waals surface area contributed by atoms with Gasteiger partial charge in [-0.25, -0.2) is 4.79 Å². The highest BCUT2D eigenvalue weighted by molar-refractivity contribution is 6.30. The molecule has 1 aliphatic rings. The van der Waals surface area contributed by atoms with E-state index in [1.807, 2.05) is 36.1 Å². The average Bonchev–Trinajstić information content (AvgIpc) is 2.79. The van der Waals surface area contributed by atoms with E-state index in [-0.39, 0.29) is 18.4 Å². The Hall–Kier alpha value is -3.11. The fourth-order valence-electron chi connectivity index (χ4n) is 3.18. The van der Waals surface area contributed by atoms with Gasteiger partial charge in [-0.15, -0.1) is 0 Å². The van der Waals surface area contributed by atoms with E-state index >= 15 is 0 Å². The van der Waals surface area contributed by atoms with Gasteiger partial charge in [0.15, 0.2) is 0 Å². The predicted octanol–water partition coefficient (Wildman–Crippen LogP) is 3.36. The van der Waals surface area contributed by atoms with Crippen molar-refractivity contribution in [2.45, 2.75) is 19.6 Å². The fraction of sp³-hybridized carbons (Fsp3) is 0.348. The molecule has 3 rings (SSSR count). The second kappa shape index (κ2) is 12.4. The highest BCUT2D eigenvalue weighted by atomic mass is 35.5. The number of hydrogen-bond donors (Lipinski definition) is 2. The largest absolute Gasteiger partial charge is 0.490 e. The maximum atomic E-state index is 13.1. The number of rotatable bonds is 5. The summed E-state index contributed by atoms with van der Waals surface area (Å²) in [5.41, 5.74) is 2.66. The van der Waals surface area contributed by atoms with E-state index in [2.05, 4.69) is 5.32 Å². The Balaban J connectivity index is 0.000000509. The molecule has 0 aliphatic carbocycles. The van der Waals surface area contributed by atoms with Crippen molar-refractivity contribution in [2.24, 2.45) is 0 Å². The molecular weight excluding hydrogens is 475 g/mol. The van der Waals surface area contributed by atoms with Crippen LogP contribution in [0.5, 0.6) is 0 Å². The molecule has 2 aromatic rings. The molecule has 1 aliphatic heterocycles. The van der Waals surface area contributed by atoms with Gasteiger partial charge in [0, 0.05) is 43.3 Å². The minimum atomic E-state index is -5.08. The van der Waals surface area contributed by atoms with Crippen molar-refractivity contribution in [3.63, 3.8) is 0 Å². The second-order valence-electron chi connectivity index (χ2n) is 7.59. The molecule has 0 saturated carbocycles. The number of nitrogens with one attached hydrogen (secondary N) is 1. The van der Waals surface area contributed by atoms with Gasteiger partial charge in [0.05, 0.1) is 0 Å². The summed E-state index contributed by atoms with van der Waals surface area (Å²) in [6, 6.07) is 14.8. The summed E-state index contributed by atoms with van der Waals surface area (Å²) in [5, 5.41) is 10.9. The number of carbonyl (C=O) groups excluding carboxylic acids is 2. The molecule has 0 bridgehead atoms. The summed E-state index contributed by atoms with van der Waals surface area (Å²) in [7, 11) is 0. The number of piperazine rings is 1. The highest BCUT2D eigenvalue weighted by Gasteiger charge is 2.38. The zero-order valence-corrected chi connectivity index (χ0v) is 19.2. The lowest BCUT2D eigenvalue weighted by Gasteiger charge is -2.30. The molecule has 1 heterocycles. The van der Waals surface area contributed by atoms with E-state index in [1.54, 1.807) is 29.2 Å². The zero-order chi connectivity index (χ0) is 25.3. The summed E-state index contributed by atoms with van der Waals surface area (Å²) < 4.78 is 31.7. The quantitative estimate of drug-likeness (QED) is 0.658. The minimum Gasteiger partial charge on any atom is -0.475 e. The monoisotopic (exact) mass is 499 g/mol. The summed E-state index contributed by atoms with van der Waals surface area (Å²) >= 11 is 5.94. The smallest absolute Gasteiger partial charge is 0.475 e. The van der Waals surface area contributed by atoms with Crippen LogP contribution in [0.15, 0.2) is 48.5 Å². The SMILES string of the molecule is Cc1cccc(CN(CC(=O)N2CCNCC2)C(=O)c2ccc(Cl)cc2)c1.O=C(O)C(F)(F)F. The maximum Gasteiger partial charge on any atom is 0.490 e. The Bertz CT molecular complexity index is 994. The molecule has 2 aromatic carbocycles. The first-order chi connectivity index (χ1) is 16.0. The Morgan fingerprint density at radius 1 is 1.09 bits per heavy atom. The number of halogens is 4. The zero-order valence-electron chi connectivity index (χ0n) is 18.4. The number of carboxylic acids is 1. The molecule has 0 unspecified atom stereocenters. The number of aliphatic carboxylic acids is 1. The standard InChI is InChI=1S/C21H24ClN3O2.C2HF3O2/c1-16-3-2-4-17(13-16)14-25(15-20(26)24-11-9-23-10-12-24)21(27)18-5-7-19(22)8-6-18;3-2(4,5)1(6)7/h2-8,13,23H,9-12,14-15H2,1H3;(H,6,7). The third kappa shape index (κ3) is 8.68. The second-order valence-corrected chi connectivity index (χ2v) is 8.03. The molecule has 1 fully saturated rings. The van der Waals surface area contributed by atoms with Crippen LogP contribution in [-0.4, -0.2) is 71.6 Å². The number of amides is 2. The van der Waals surface area contributed by atoms with Crippen LogP contribution in [0, 0.1) is 6.92 Å². The van der Waals surface area contributed by atoms with Crippen molar-refractivity contribution in [1.82, 2.24) is 15.1 Å². The van der Waals surface area contributed by atoms with Crippen molar-refractivity contribution < 1.29 is 32.7 Å². The van der Waals surface area contributed by atoms with Crippen LogP contribution in [0.2, 0.25) is 5.02 Å². The lowest BCUT2D eigenvalue weighted by molar-refractivity contribution is -0.192. The number of carbonyl (C=O) groups is 3. The van der Waals surface area contributed by atoms with Gasteiger partial charge >= 0.3 is 12.1 Å². The van der Waals surface area contributed by atoms with Gasteiger partial charge in [-0.05, 0) is 36.8 Å². The van der Waals surface area contributed by atoms with E-state index in [0.717, 1.165) is 24.2 Å². The first-order valence-electron chi connectivity index (χ1n) is 10.4. The number of benzene rings is 2. The molecule has 0 aromatic heterocycles. The molecule has 184 valence electrons. The van der Waals surface area contributed by atoms with E-state index in [4.69, 9.17) is 21.5 Å². The van der Waals surface area contributed by atoms with Crippen LogP contribution in [0.1, 0.15) is 21.5 Å². The maximum absolute atomic E-state index is 13.1. The summed E-state index contributed by atoms with van der Waals surface area (Å²) in [6.45, 7) is 5.39. The molecule has 2 N–H and O–H groups in total. The van der Waals surface area contributed by atoms with Crippen LogP contribution in [0.25, 0.3) is 0 Å². The van der Waals surface area contributed by atoms with Crippen molar-refractivity contribution in [3.8, 4) is 0 Å². The lowest BCUT2D eigenvalue weighted by atomic mass is 10.1. The Morgan fingerprint density at radius 2 is 1.68 bits per heavy atom. The van der Waals surface area contributed by atoms with E-state index in [9.17, 15) is 22.8 Å². The Kier molecular flexibility index (Phi) is 9.88. The first kappa shape index (κ1) is 27.1.